The molecule has 0 unspecified atom stereocenters. The molecule has 9 rings (SSSR count). The molecule has 9 aromatic carbocycles. The molecule has 0 aliphatic carbocycles. The lowest BCUT2D eigenvalue weighted by Crippen LogP contribution is -2.07. The zero-order chi connectivity index (χ0) is 53.5. The van der Waals surface area contributed by atoms with Crippen LogP contribution in [0.25, 0.3) is 32.3 Å². The number of fused-ring (bicyclic) bond motifs is 6. The van der Waals surface area contributed by atoms with Gasteiger partial charge in [-0.05, 0) is 204 Å². The number of hydrogen-bond acceptors (Lipinski definition) is 21. The fourth-order valence-electron chi connectivity index (χ4n) is 7.32. The van der Waals surface area contributed by atoms with Crippen molar-refractivity contribution in [2.45, 2.75) is 13.8 Å². The van der Waals surface area contributed by atoms with Gasteiger partial charge in [0.2, 0.25) is 34.5 Å². The van der Waals surface area contributed by atoms with E-state index >= 15 is 0 Å². The molecule has 0 saturated heterocycles. The molecule has 0 bridgehead atoms. The van der Waals surface area contributed by atoms with E-state index in [9.17, 15) is 0 Å². The van der Waals surface area contributed by atoms with Gasteiger partial charge >= 0.3 is 0 Å². The van der Waals surface area contributed by atoms with Crippen molar-refractivity contribution in [3.63, 3.8) is 0 Å². The van der Waals surface area contributed by atoms with Crippen LogP contribution >= 0.6 is 0 Å². The van der Waals surface area contributed by atoms with E-state index in [1.54, 1.807) is 178 Å². The third-order valence-electron chi connectivity index (χ3n) is 11.2. The van der Waals surface area contributed by atoms with Crippen molar-refractivity contribution in [1.82, 2.24) is 0 Å². The number of hydrogen-bond donors (Lipinski definition) is 4. The van der Waals surface area contributed by atoms with Gasteiger partial charge in [-0.1, -0.05) is 23.8 Å². The van der Waals surface area contributed by atoms with Crippen molar-refractivity contribution in [2.75, 3.05) is 13.7 Å². The van der Waals surface area contributed by atoms with Crippen LogP contribution in [-0.4, -0.2) is 13.7 Å². The standard InChI is InChI=1S/C56H48N4O17/c1-4-35(63-57)6-5-27-62-72-51-28-45-46(29-52(51)73-69-42-21-13-37(64-58)14-22-42)48-31-56(77-71-44-25-17-39(66-60)18-26-44)55(75-68-41-19-11-36(61-3)12-20-41)33-50(48)49-32-53(74-67-40-9-7-34(2)8-10-40)54(30-47(45)49)76-70-43-23-15-38(65-59)16-24-43/h4-26,28-33H,27,57-60H2,1-3H3/b6-5-,35-4+. The van der Waals surface area contributed by atoms with Gasteiger partial charge < -0.3 is 29.0 Å². The smallest absolute Gasteiger partial charge is 0.226 e. The Labute approximate surface area is 438 Å². The first-order chi connectivity index (χ1) is 37.7. The van der Waals surface area contributed by atoms with Crippen molar-refractivity contribution in [3.8, 4) is 86.2 Å². The quantitative estimate of drug-likeness (QED) is 0.0104. The molecule has 0 saturated carbocycles. The van der Waals surface area contributed by atoms with Crippen LogP contribution in [0.15, 0.2) is 182 Å². The first-order valence-corrected chi connectivity index (χ1v) is 23.1. The molecule has 0 spiro atoms. The second kappa shape index (κ2) is 24.7. The van der Waals surface area contributed by atoms with Gasteiger partial charge in [0, 0.05) is 0 Å². The fraction of sp³-hybridized carbons (Fsp3) is 0.0714. The molecule has 0 amide bonds. The van der Waals surface area contributed by atoms with E-state index < -0.39 is 0 Å². The largest absolute Gasteiger partial charge is 0.497 e. The molecule has 77 heavy (non-hydrogen) atoms. The van der Waals surface area contributed by atoms with Crippen LogP contribution in [0.5, 0.6) is 86.2 Å². The van der Waals surface area contributed by atoms with Gasteiger partial charge in [-0.25, -0.2) is 0 Å². The maximum atomic E-state index is 6.09. The molecule has 0 aromatic heterocycles. The summed E-state index contributed by atoms with van der Waals surface area (Å²) in [6.45, 7) is 3.66. The molecule has 0 atom stereocenters. The zero-order valence-electron chi connectivity index (χ0n) is 41.2. The van der Waals surface area contributed by atoms with E-state index in [4.69, 9.17) is 106 Å². The molecule has 8 N–H and O–H groups in total. The van der Waals surface area contributed by atoms with E-state index in [1.165, 1.54) is 0 Å². The molecule has 21 nitrogen and oxygen atoms in total. The van der Waals surface area contributed by atoms with Crippen molar-refractivity contribution in [3.05, 3.63) is 187 Å². The number of benzene rings is 9. The Balaban J connectivity index is 1.24. The summed E-state index contributed by atoms with van der Waals surface area (Å²) in [7, 11) is 1.56. The van der Waals surface area contributed by atoms with Gasteiger partial charge in [0.25, 0.3) is 0 Å². The van der Waals surface area contributed by atoms with Crippen LogP contribution in [0.3, 0.4) is 0 Å². The van der Waals surface area contributed by atoms with Gasteiger partial charge in [0.1, 0.15) is 35.4 Å². The molecule has 0 radical (unpaired) electrons. The van der Waals surface area contributed by atoms with Crippen LogP contribution in [0, 0.1) is 6.92 Å². The minimum absolute atomic E-state index is 0.0565. The highest BCUT2D eigenvalue weighted by Crippen LogP contribution is 2.48. The zero-order valence-corrected chi connectivity index (χ0v) is 41.2. The summed E-state index contributed by atoms with van der Waals surface area (Å²) in [5, 5.41) is 3.25. The van der Waals surface area contributed by atoms with Crippen molar-refractivity contribution in [1.29, 1.82) is 0 Å². The Kier molecular flexibility index (Phi) is 16.6. The SMILES string of the molecule is C/C=C(\C=C/COOc1cc2c(cc1OOc1ccc(ON)cc1)c1cc(OOc3ccc(ON)cc3)c(OOc3ccc(OC)cc3)cc1c1cc(OOc3ccc(C)cc3)c(OOc3ccc(ON)cc3)cc21)ON. The highest BCUT2D eigenvalue weighted by Gasteiger charge is 2.24. The van der Waals surface area contributed by atoms with E-state index in [1.807, 2.05) is 19.1 Å². The van der Waals surface area contributed by atoms with Gasteiger partial charge in [0.15, 0.2) is 28.7 Å². The van der Waals surface area contributed by atoms with E-state index in [-0.39, 0.29) is 52.6 Å². The first-order valence-electron chi connectivity index (χ1n) is 23.1. The number of methoxy groups -OCH3 is 1. The minimum atomic E-state index is -0.0580. The fourth-order valence-corrected chi connectivity index (χ4v) is 7.32. The molecule has 0 aliphatic rings. The maximum Gasteiger partial charge on any atom is 0.226 e. The van der Waals surface area contributed by atoms with Crippen molar-refractivity contribution >= 4 is 32.3 Å². The highest BCUT2D eigenvalue weighted by atomic mass is 17.2. The third-order valence-corrected chi connectivity index (χ3v) is 11.2. The predicted octanol–water partition coefficient (Wildman–Crippen LogP) is 10.7. The summed E-state index contributed by atoms with van der Waals surface area (Å²) < 4.78 is 5.34. The molecule has 0 fully saturated rings. The summed E-state index contributed by atoms with van der Waals surface area (Å²) in [5.74, 6) is 25.7. The molecular formula is C56H48N4O17. The molecule has 0 heterocycles. The van der Waals surface area contributed by atoms with Crippen LogP contribution in [-0.2, 0) is 9.73 Å². The summed E-state index contributed by atoms with van der Waals surface area (Å²) in [4.78, 5) is 90.7. The molecule has 9 aromatic rings. The average Bonchev–Trinajstić information content (AvgIpc) is 3.53. The maximum absolute atomic E-state index is 6.09. The lowest BCUT2D eigenvalue weighted by atomic mass is 9.93. The number of aryl methyl sites for hydroxylation is 1. The molecule has 21 heteroatoms. The predicted molar refractivity (Wildman–Crippen MR) is 278 cm³/mol. The molecular weight excluding hydrogens is 1000 g/mol. The van der Waals surface area contributed by atoms with Gasteiger partial charge in [-0.2, -0.15) is 28.5 Å². The van der Waals surface area contributed by atoms with E-state index in [2.05, 4.69) is 0 Å². The Morgan fingerprint density at radius 3 is 0.909 bits per heavy atom. The van der Waals surface area contributed by atoms with Crippen molar-refractivity contribution < 1.29 is 82.7 Å². The van der Waals surface area contributed by atoms with E-state index in [0.29, 0.717) is 78.3 Å². The summed E-state index contributed by atoms with van der Waals surface area (Å²) in [6, 6.07) is 43.3. The lowest BCUT2D eigenvalue weighted by molar-refractivity contribution is -0.201. The summed E-state index contributed by atoms with van der Waals surface area (Å²) in [6.07, 6.45) is 4.91. The van der Waals surface area contributed by atoms with Gasteiger partial charge in [-0.15, -0.1) is 0 Å². The summed E-state index contributed by atoms with van der Waals surface area (Å²) in [5.41, 5.74) is 1.01. The summed E-state index contributed by atoms with van der Waals surface area (Å²) >= 11 is 0. The normalized spacial score (nSPS) is 11.2. The Morgan fingerprint density at radius 1 is 0.364 bits per heavy atom. The Morgan fingerprint density at radius 2 is 0.636 bits per heavy atom. The van der Waals surface area contributed by atoms with Crippen LogP contribution in [0.1, 0.15) is 12.5 Å². The number of rotatable bonds is 25. The number of ether oxygens (including phenoxy) is 1. The topological polar surface area (TPSA) is 261 Å². The van der Waals surface area contributed by atoms with Gasteiger partial charge in [0.05, 0.1) is 7.11 Å². The van der Waals surface area contributed by atoms with Gasteiger partial charge in [-0.3, -0.25) is 48.9 Å². The van der Waals surface area contributed by atoms with Crippen LogP contribution < -0.4 is 96.6 Å². The third kappa shape index (κ3) is 12.8. The number of allylic oxidation sites excluding steroid dienone is 2. The van der Waals surface area contributed by atoms with Crippen LogP contribution in [0.2, 0.25) is 0 Å². The first kappa shape index (κ1) is 51.7. The van der Waals surface area contributed by atoms with E-state index in [0.717, 1.165) is 5.56 Å². The lowest BCUT2D eigenvalue weighted by Gasteiger charge is -2.18. The second-order valence-corrected chi connectivity index (χ2v) is 16.2. The Bertz CT molecular complexity index is 3490. The minimum Gasteiger partial charge on any atom is -0.497 e. The average molecular weight is 1050 g/mol. The highest BCUT2D eigenvalue weighted by molar-refractivity contribution is 6.26. The number of nitrogens with two attached hydrogens (primary N) is 4. The monoisotopic (exact) mass is 1050 g/mol. The molecule has 394 valence electrons. The molecule has 0 aliphatic heterocycles. The van der Waals surface area contributed by atoms with Crippen molar-refractivity contribution in [2.24, 2.45) is 23.6 Å². The van der Waals surface area contributed by atoms with Crippen LogP contribution in [0.4, 0.5) is 0 Å². The Hall–Kier alpha value is -10.2. The second-order valence-electron chi connectivity index (χ2n) is 16.2.